The zero-order valence-electron chi connectivity index (χ0n) is 16.6. The van der Waals surface area contributed by atoms with Crippen LogP contribution in [0.1, 0.15) is 31.8 Å². The van der Waals surface area contributed by atoms with Crippen molar-refractivity contribution in [1.29, 1.82) is 0 Å². The van der Waals surface area contributed by atoms with Crippen LogP contribution in [0.15, 0.2) is 78.9 Å². The number of benzene rings is 3. The van der Waals surface area contributed by atoms with Crippen molar-refractivity contribution < 1.29 is 27.6 Å². The molecule has 32 heavy (non-hydrogen) atoms. The summed E-state index contributed by atoms with van der Waals surface area (Å²) in [5, 5.41) is 2.43. The fourth-order valence-electron chi connectivity index (χ4n) is 3.63. The molecule has 0 fully saturated rings. The largest absolute Gasteiger partial charge is 0.416 e. The van der Waals surface area contributed by atoms with Crippen molar-refractivity contribution >= 4 is 23.4 Å². The van der Waals surface area contributed by atoms with Gasteiger partial charge in [0.15, 0.2) is 0 Å². The van der Waals surface area contributed by atoms with E-state index in [9.17, 15) is 27.6 Å². The van der Waals surface area contributed by atoms with E-state index in [2.05, 4.69) is 5.32 Å². The van der Waals surface area contributed by atoms with Crippen LogP contribution in [0, 0.1) is 0 Å². The minimum Gasteiger partial charge on any atom is -0.324 e. The smallest absolute Gasteiger partial charge is 0.324 e. The number of rotatable bonds is 5. The van der Waals surface area contributed by atoms with Gasteiger partial charge in [-0.1, -0.05) is 48.5 Å². The number of carbonyl (C=O) groups is 3. The molecule has 0 aromatic heterocycles. The standard InChI is InChI=1S/C24H17F3N2O3/c25-24(26,27)16-9-6-10-17(14-16)28-21(30)20(13-15-7-2-1-3-8-15)29-22(31)18-11-4-5-12-19(18)23(29)32/h1-12,14,20H,13H2,(H,28,30)/t20-/m0/s1. The molecule has 5 nitrogen and oxygen atoms in total. The number of carbonyl (C=O) groups excluding carboxylic acids is 3. The average molecular weight is 438 g/mol. The van der Waals surface area contributed by atoms with Crippen LogP contribution < -0.4 is 5.32 Å². The van der Waals surface area contributed by atoms with Gasteiger partial charge in [0.1, 0.15) is 6.04 Å². The van der Waals surface area contributed by atoms with Gasteiger partial charge in [-0.3, -0.25) is 19.3 Å². The van der Waals surface area contributed by atoms with Gasteiger partial charge < -0.3 is 5.32 Å². The maximum Gasteiger partial charge on any atom is 0.416 e. The van der Waals surface area contributed by atoms with Crippen LogP contribution in [0.2, 0.25) is 0 Å². The highest BCUT2D eigenvalue weighted by molar-refractivity contribution is 6.23. The lowest BCUT2D eigenvalue weighted by atomic mass is 10.0. The van der Waals surface area contributed by atoms with Gasteiger partial charge in [-0.25, -0.2) is 0 Å². The van der Waals surface area contributed by atoms with E-state index in [4.69, 9.17) is 0 Å². The van der Waals surface area contributed by atoms with Crippen molar-refractivity contribution in [3.8, 4) is 0 Å². The molecule has 0 aliphatic carbocycles. The Labute approximate surface area is 181 Å². The van der Waals surface area contributed by atoms with Crippen molar-refractivity contribution in [3.63, 3.8) is 0 Å². The topological polar surface area (TPSA) is 66.5 Å². The first kappa shape index (κ1) is 21.3. The van der Waals surface area contributed by atoms with Gasteiger partial charge in [0.05, 0.1) is 16.7 Å². The summed E-state index contributed by atoms with van der Waals surface area (Å²) in [7, 11) is 0. The van der Waals surface area contributed by atoms with Crippen LogP contribution in [0.5, 0.6) is 0 Å². The molecule has 1 aliphatic rings. The SMILES string of the molecule is O=C(Nc1cccc(C(F)(F)F)c1)[C@H](Cc1ccccc1)N1C(=O)c2ccccc2C1=O. The number of nitrogens with one attached hydrogen (secondary N) is 1. The quantitative estimate of drug-likeness (QED) is 0.595. The Balaban J connectivity index is 1.67. The number of amides is 3. The molecule has 1 heterocycles. The lowest BCUT2D eigenvalue weighted by Crippen LogP contribution is -2.48. The minimum absolute atomic E-state index is 0.0110. The van der Waals surface area contributed by atoms with E-state index in [-0.39, 0.29) is 23.2 Å². The first-order valence-electron chi connectivity index (χ1n) is 9.74. The van der Waals surface area contributed by atoms with Gasteiger partial charge in [0, 0.05) is 12.1 Å². The number of imide groups is 1. The summed E-state index contributed by atoms with van der Waals surface area (Å²) < 4.78 is 39.1. The van der Waals surface area contributed by atoms with Crippen molar-refractivity contribution in [2.75, 3.05) is 5.32 Å². The zero-order chi connectivity index (χ0) is 22.9. The molecule has 4 rings (SSSR count). The molecule has 162 valence electrons. The third-order valence-corrected chi connectivity index (χ3v) is 5.17. The maximum absolute atomic E-state index is 13.2. The molecule has 1 N–H and O–H groups in total. The summed E-state index contributed by atoms with van der Waals surface area (Å²) >= 11 is 0. The molecule has 3 aromatic carbocycles. The van der Waals surface area contributed by atoms with Crippen molar-refractivity contribution in [2.24, 2.45) is 0 Å². The third-order valence-electron chi connectivity index (χ3n) is 5.17. The molecule has 8 heteroatoms. The van der Waals surface area contributed by atoms with E-state index in [0.29, 0.717) is 5.56 Å². The summed E-state index contributed by atoms with van der Waals surface area (Å²) in [4.78, 5) is 40.0. The van der Waals surface area contributed by atoms with Crippen LogP contribution in [-0.4, -0.2) is 28.7 Å². The van der Waals surface area contributed by atoms with Gasteiger partial charge >= 0.3 is 6.18 Å². The Morgan fingerprint density at radius 2 is 1.44 bits per heavy atom. The number of hydrogen-bond acceptors (Lipinski definition) is 3. The summed E-state index contributed by atoms with van der Waals surface area (Å²) in [6.07, 6.45) is -4.57. The molecule has 0 saturated carbocycles. The first-order chi connectivity index (χ1) is 15.3. The average Bonchev–Trinajstić information content (AvgIpc) is 3.03. The van der Waals surface area contributed by atoms with Gasteiger partial charge in [-0.2, -0.15) is 13.2 Å². The Hall–Kier alpha value is -3.94. The Kier molecular flexibility index (Phi) is 5.52. The number of hydrogen-bond donors (Lipinski definition) is 1. The highest BCUT2D eigenvalue weighted by Crippen LogP contribution is 2.31. The molecule has 0 radical (unpaired) electrons. The first-order valence-corrected chi connectivity index (χ1v) is 9.74. The molecular formula is C24H17F3N2O3. The van der Waals surface area contributed by atoms with Crippen LogP contribution in [0.3, 0.4) is 0 Å². The number of alkyl halides is 3. The van der Waals surface area contributed by atoms with Crippen molar-refractivity contribution in [3.05, 3.63) is 101 Å². The fraction of sp³-hybridized carbons (Fsp3) is 0.125. The molecule has 0 bridgehead atoms. The molecule has 1 aliphatic heterocycles. The number of halogens is 3. The fourth-order valence-corrected chi connectivity index (χ4v) is 3.63. The van der Waals surface area contributed by atoms with Crippen LogP contribution in [0.25, 0.3) is 0 Å². The minimum atomic E-state index is -4.58. The van der Waals surface area contributed by atoms with Crippen LogP contribution in [-0.2, 0) is 17.4 Å². The predicted octanol–water partition coefficient (Wildman–Crippen LogP) is 4.55. The highest BCUT2D eigenvalue weighted by atomic mass is 19.4. The molecule has 3 aromatic rings. The van der Waals surface area contributed by atoms with E-state index in [1.165, 1.54) is 24.3 Å². The van der Waals surface area contributed by atoms with Gasteiger partial charge in [0.2, 0.25) is 5.91 Å². The summed E-state index contributed by atoms with van der Waals surface area (Å²) in [5.74, 6) is -2.00. The summed E-state index contributed by atoms with van der Waals surface area (Å²) in [5.41, 5.74) is 0.0493. The Bertz CT molecular complexity index is 1160. The van der Waals surface area contributed by atoms with Crippen molar-refractivity contribution in [1.82, 2.24) is 4.90 Å². The highest BCUT2D eigenvalue weighted by Gasteiger charge is 2.42. The van der Waals surface area contributed by atoms with Gasteiger partial charge in [-0.05, 0) is 35.9 Å². The maximum atomic E-state index is 13.2. The second-order valence-electron chi connectivity index (χ2n) is 7.30. The summed E-state index contributed by atoms with van der Waals surface area (Å²) in [6.45, 7) is 0. The molecular weight excluding hydrogens is 421 g/mol. The zero-order valence-corrected chi connectivity index (χ0v) is 16.6. The van der Waals surface area contributed by atoms with E-state index >= 15 is 0 Å². The van der Waals surface area contributed by atoms with Crippen LogP contribution >= 0.6 is 0 Å². The lowest BCUT2D eigenvalue weighted by Gasteiger charge is -2.25. The van der Waals surface area contributed by atoms with Gasteiger partial charge in [0.25, 0.3) is 11.8 Å². The third kappa shape index (κ3) is 4.12. The van der Waals surface area contributed by atoms with Gasteiger partial charge in [-0.15, -0.1) is 0 Å². The molecule has 1 atom stereocenters. The monoisotopic (exact) mass is 438 g/mol. The van der Waals surface area contributed by atoms with E-state index < -0.39 is 35.5 Å². The molecule has 0 spiro atoms. The predicted molar refractivity (Wildman–Crippen MR) is 111 cm³/mol. The normalized spacial score (nSPS) is 14.3. The van der Waals surface area contributed by atoms with Crippen LogP contribution in [0.4, 0.5) is 18.9 Å². The van der Waals surface area contributed by atoms with E-state index in [1.807, 2.05) is 0 Å². The molecule has 3 amide bonds. The molecule has 0 saturated heterocycles. The van der Waals surface area contributed by atoms with E-state index in [1.54, 1.807) is 42.5 Å². The second-order valence-corrected chi connectivity index (χ2v) is 7.30. The molecule has 0 unspecified atom stereocenters. The van der Waals surface area contributed by atoms with Crippen molar-refractivity contribution in [2.45, 2.75) is 18.6 Å². The number of nitrogens with zero attached hydrogens (tertiary/aromatic N) is 1. The lowest BCUT2D eigenvalue weighted by molar-refractivity contribution is -0.137. The number of fused-ring (bicyclic) bond motifs is 1. The Morgan fingerprint density at radius 1 is 0.844 bits per heavy atom. The Morgan fingerprint density at radius 3 is 2.03 bits per heavy atom. The van der Waals surface area contributed by atoms with E-state index in [0.717, 1.165) is 17.0 Å². The second kappa shape index (κ2) is 8.30. The number of anilines is 1. The summed E-state index contributed by atoms with van der Waals surface area (Å²) in [6, 6.07) is 17.9.